The molecule has 0 heterocycles. The summed E-state index contributed by atoms with van der Waals surface area (Å²) in [4.78, 5) is 26.6. The van der Waals surface area contributed by atoms with Gasteiger partial charge in [-0.1, -0.05) is 43.9 Å². The molecule has 0 aromatic heterocycles. The molecule has 284 valence electrons. The lowest BCUT2D eigenvalue weighted by molar-refractivity contribution is -0.114. The molecule has 3 N–H and O–H groups in total. The Labute approximate surface area is 306 Å². The number of unbranched alkanes of at least 4 members (excludes halogenated alkanes) is 3. The molecule has 4 aliphatic rings. The van der Waals surface area contributed by atoms with Gasteiger partial charge in [0.1, 0.15) is 6.61 Å². The van der Waals surface area contributed by atoms with Gasteiger partial charge in [-0.2, -0.15) is 0 Å². The van der Waals surface area contributed by atoms with Crippen LogP contribution in [0.4, 0.5) is 10.5 Å². The third-order valence-electron chi connectivity index (χ3n) is 12.3. The number of aliphatic hydroxyl groups excluding tert-OH is 1. The first-order valence-electron chi connectivity index (χ1n) is 19.9. The van der Waals surface area contributed by atoms with Crippen molar-refractivity contribution < 1.29 is 28.9 Å². The maximum atomic E-state index is 12.2. The normalized spacial score (nSPS) is 25.6. The van der Waals surface area contributed by atoms with Crippen molar-refractivity contribution in [2.45, 2.75) is 103 Å². The quantitative estimate of drug-likeness (QED) is 0.120. The molecule has 0 bridgehead atoms. The molecule has 0 spiro atoms. The number of ketones is 1. The molecule has 2 fully saturated rings. The monoisotopic (exact) mass is 707 g/mol. The van der Waals surface area contributed by atoms with Crippen LogP contribution in [0.25, 0.3) is 0 Å². The van der Waals surface area contributed by atoms with Crippen LogP contribution in [0.1, 0.15) is 96.0 Å². The average Bonchev–Trinajstić information content (AvgIpc) is 3.44. The van der Waals surface area contributed by atoms with E-state index in [1.165, 1.54) is 42.4 Å². The number of nitrogens with one attached hydrogen (secondary N) is 2. The predicted molar refractivity (Wildman–Crippen MR) is 203 cm³/mol. The lowest BCUT2D eigenvalue weighted by atomic mass is 9.53. The molecule has 0 saturated heterocycles. The number of hydrogen-bond acceptors (Lipinski definition) is 8. The van der Waals surface area contributed by atoms with Gasteiger partial charge in [0.25, 0.3) is 0 Å². The Balaban J connectivity index is 0.916. The first-order valence-corrected chi connectivity index (χ1v) is 19.9. The molecule has 2 saturated carbocycles. The summed E-state index contributed by atoms with van der Waals surface area (Å²) in [5.74, 6) is 2.03. The summed E-state index contributed by atoms with van der Waals surface area (Å²) < 4.78 is 15.9. The topological polar surface area (TPSA) is 109 Å². The van der Waals surface area contributed by atoms with E-state index in [2.05, 4.69) is 46.7 Å². The number of hydrogen-bond donors (Lipinski definition) is 3. The summed E-state index contributed by atoms with van der Waals surface area (Å²) in [6, 6.07) is 8.58. The first kappa shape index (κ1) is 39.5. The molecule has 9 nitrogen and oxygen atoms in total. The van der Waals surface area contributed by atoms with Gasteiger partial charge in [-0.3, -0.25) is 4.79 Å². The van der Waals surface area contributed by atoms with Crippen LogP contribution in [-0.4, -0.2) is 89.9 Å². The number of aryl methyl sites for hydroxylation is 1. The van der Waals surface area contributed by atoms with Gasteiger partial charge in [0, 0.05) is 52.5 Å². The number of ether oxygens (including phenoxy) is 3. The zero-order valence-corrected chi connectivity index (χ0v) is 31.7. The Morgan fingerprint density at radius 2 is 1.67 bits per heavy atom. The van der Waals surface area contributed by atoms with E-state index in [0.717, 1.165) is 83.1 Å². The Hall–Kier alpha value is -2.72. The van der Waals surface area contributed by atoms with E-state index in [1.54, 1.807) is 19.8 Å². The Bertz CT molecular complexity index is 1320. The maximum Gasteiger partial charge on any atom is 0.407 e. The van der Waals surface area contributed by atoms with E-state index in [1.807, 2.05) is 6.08 Å². The molecule has 9 heteroatoms. The number of methoxy groups -OCH3 is 2. The smallest absolute Gasteiger partial charge is 0.407 e. The van der Waals surface area contributed by atoms with Crippen LogP contribution in [0.15, 0.2) is 47.1 Å². The highest BCUT2D eigenvalue weighted by Gasteiger charge is 2.55. The molecule has 1 aromatic rings. The minimum atomic E-state index is -0.356. The number of allylic oxidation sites excluding steroid dienone is 4. The van der Waals surface area contributed by atoms with E-state index in [0.29, 0.717) is 62.9 Å². The fraction of sp³-hybridized carbons (Fsp3) is 0.714. The summed E-state index contributed by atoms with van der Waals surface area (Å²) in [6.45, 7) is 7.88. The molecule has 1 aromatic carbocycles. The van der Waals surface area contributed by atoms with Gasteiger partial charge < -0.3 is 34.9 Å². The molecule has 4 aliphatic carbocycles. The molecule has 0 aliphatic heterocycles. The zero-order chi connectivity index (χ0) is 36.1. The summed E-state index contributed by atoms with van der Waals surface area (Å²) in [7, 11) is 3.44. The predicted octanol–water partition coefficient (Wildman–Crippen LogP) is 6.78. The van der Waals surface area contributed by atoms with E-state index < -0.39 is 0 Å². The molecule has 5 atom stereocenters. The SMILES string of the molecule is COCCN(CCOC)c1ccc(CCCNC(=O)OCCNCCCCCC[C@H]2C[C@@]3(C)C(CC[C@@H]3O)C3CCC4=CC(=O)CCC4=C32)cc1. The summed E-state index contributed by atoms with van der Waals surface area (Å²) >= 11 is 0. The third-order valence-corrected chi connectivity index (χ3v) is 12.3. The number of nitrogens with zero attached hydrogens (tertiary/aromatic N) is 1. The Kier molecular flexibility index (Phi) is 15.4. The van der Waals surface area contributed by atoms with Crippen LogP contribution in [0, 0.1) is 23.2 Å². The van der Waals surface area contributed by atoms with Gasteiger partial charge in [-0.25, -0.2) is 4.79 Å². The van der Waals surface area contributed by atoms with Gasteiger partial charge in [-0.15, -0.1) is 0 Å². The number of carbonyl (C=O) groups excluding carboxylic acids is 2. The van der Waals surface area contributed by atoms with E-state index in [-0.39, 0.29) is 17.6 Å². The minimum absolute atomic E-state index is 0.0406. The van der Waals surface area contributed by atoms with Gasteiger partial charge in [0.15, 0.2) is 5.78 Å². The van der Waals surface area contributed by atoms with Crippen LogP contribution >= 0.6 is 0 Å². The second kappa shape index (κ2) is 19.9. The van der Waals surface area contributed by atoms with E-state index >= 15 is 0 Å². The fourth-order valence-corrected chi connectivity index (χ4v) is 9.58. The molecule has 2 unspecified atom stereocenters. The molecule has 5 rings (SSSR count). The molecule has 0 radical (unpaired) electrons. The van der Waals surface area contributed by atoms with Crippen LogP contribution in [0.3, 0.4) is 0 Å². The van der Waals surface area contributed by atoms with Crippen molar-refractivity contribution in [3.63, 3.8) is 0 Å². The number of anilines is 1. The van der Waals surface area contributed by atoms with E-state index in [4.69, 9.17) is 14.2 Å². The first-order chi connectivity index (χ1) is 24.8. The van der Waals surface area contributed by atoms with Crippen molar-refractivity contribution in [1.29, 1.82) is 0 Å². The molecular formula is C42H65N3O6. The van der Waals surface area contributed by atoms with Crippen LogP contribution in [0.2, 0.25) is 0 Å². The van der Waals surface area contributed by atoms with E-state index in [9.17, 15) is 14.7 Å². The number of benzene rings is 1. The van der Waals surface area contributed by atoms with Crippen molar-refractivity contribution in [1.82, 2.24) is 10.6 Å². The number of aliphatic hydroxyl groups is 1. The standard InChI is InChI=1S/C42H65N3O6/c1-42-30-33(40-36-18-16-35(46)29-32(36)13-17-37(40)38(42)19-20-39(42)47)10-6-4-5-7-21-43-23-26-51-41(48)44-22-8-9-31-11-14-34(15-12-31)45(24-27-49-2)25-28-50-3/h11-12,14-15,29,33,37-39,43,47H,4-10,13,16-28,30H2,1-3H3,(H,44,48)/t33-,37?,38?,39-,42-/m0/s1. The summed E-state index contributed by atoms with van der Waals surface area (Å²) in [6.07, 6.45) is 16.0. The lowest BCUT2D eigenvalue weighted by Gasteiger charge is -2.52. The molecule has 51 heavy (non-hydrogen) atoms. The van der Waals surface area contributed by atoms with Crippen LogP contribution < -0.4 is 15.5 Å². The second-order valence-electron chi connectivity index (χ2n) is 15.6. The Morgan fingerprint density at radius 1 is 0.902 bits per heavy atom. The fourth-order valence-electron chi connectivity index (χ4n) is 9.58. The van der Waals surface area contributed by atoms with Crippen molar-refractivity contribution in [2.75, 3.05) is 71.7 Å². The van der Waals surface area contributed by atoms with Crippen molar-refractivity contribution >= 4 is 17.6 Å². The highest BCUT2D eigenvalue weighted by atomic mass is 16.5. The van der Waals surface area contributed by atoms with Gasteiger partial charge in [0.05, 0.1) is 19.3 Å². The number of fused-ring (bicyclic) bond motifs is 4. The third kappa shape index (κ3) is 10.7. The second-order valence-corrected chi connectivity index (χ2v) is 15.6. The van der Waals surface area contributed by atoms with Crippen LogP contribution in [0.5, 0.6) is 0 Å². The van der Waals surface area contributed by atoms with Crippen molar-refractivity contribution in [2.24, 2.45) is 23.2 Å². The highest BCUT2D eigenvalue weighted by molar-refractivity contribution is 5.93. The summed E-state index contributed by atoms with van der Waals surface area (Å²) in [5.41, 5.74) is 6.98. The lowest BCUT2D eigenvalue weighted by Crippen LogP contribution is -2.45. The van der Waals surface area contributed by atoms with Gasteiger partial charge in [-0.05, 0) is 129 Å². The maximum absolute atomic E-state index is 12.2. The molecular weight excluding hydrogens is 642 g/mol. The number of carbonyl (C=O) groups is 2. The zero-order valence-electron chi connectivity index (χ0n) is 31.7. The van der Waals surface area contributed by atoms with Gasteiger partial charge in [0.2, 0.25) is 0 Å². The number of alkyl carbamates (subject to hydrolysis) is 1. The average molecular weight is 708 g/mol. The largest absolute Gasteiger partial charge is 0.448 e. The Morgan fingerprint density at radius 3 is 2.43 bits per heavy atom. The number of rotatable bonds is 21. The number of amides is 1. The minimum Gasteiger partial charge on any atom is -0.448 e. The van der Waals surface area contributed by atoms with Gasteiger partial charge >= 0.3 is 6.09 Å². The summed E-state index contributed by atoms with van der Waals surface area (Å²) in [5, 5.41) is 17.3. The van der Waals surface area contributed by atoms with Crippen molar-refractivity contribution in [3.8, 4) is 0 Å². The molecule has 1 amide bonds. The van der Waals surface area contributed by atoms with Crippen LogP contribution in [-0.2, 0) is 25.4 Å². The van der Waals surface area contributed by atoms with Crippen molar-refractivity contribution in [3.05, 3.63) is 52.6 Å². The highest BCUT2D eigenvalue weighted by Crippen LogP contribution is 2.62.